The minimum Gasteiger partial charge on any atom is -0.484 e. The van der Waals surface area contributed by atoms with Gasteiger partial charge in [0.2, 0.25) is 0 Å². The molecule has 4 heteroatoms. The molecule has 0 N–H and O–H groups in total. The van der Waals surface area contributed by atoms with E-state index < -0.39 is 0 Å². The maximum Gasteiger partial charge on any atom is 0.260 e. The quantitative estimate of drug-likeness (QED) is 0.823. The fourth-order valence-corrected chi connectivity index (χ4v) is 3.09. The fourth-order valence-electron chi connectivity index (χ4n) is 3.09. The van der Waals surface area contributed by atoms with Crippen LogP contribution in [-0.2, 0) is 11.2 Å². The number of aromatic nitrogens is 1. The van der Waals surface area contributed by atoms with Crippen molar-refractivity contribution in [1.82, 2.24) is 9.88 Å². The zero-order chi connectivity index (χ0) is 15.9. The minimum atomic E-state index is 0.0890. The lowest BCUT2D eigenvalue weighted by Crippen LogP contribution is -2.38. The van der Waals surface area contributed by atoms with Crippen LogP contribution in [0.15, 0.2) is 54.9 Å². The van der Waals surface area contributed by atoms with E-state index in [4.69, 9.17) is 4.74 Å². The molecule has 1 amide bonds. The standard InChI is InChI=1S/C19H22N2O2/c22-19(15-23-18-6-2-1-3-7-18)21-14-4-5-17(21)9-8-16-10-12-20-13-11-16/h1-3,6-7,10-13,17H,4-5,8-9,14-15H2. The van der Waals surface area contributed by atoms with Crippen LogP contribution in [0.1, 0.15) is 24.8 Å². The van der Waals surface area contributed by atoms with Crippen LogP contribution in [0.25, 0.3) is 0 Å². The maximum atomic E-state index is 12.4. The third-order valence-electron chi connectivity index (χ3n) is 4.32. The number of hydrogen-bond donors (Lipinski definition) is 0. The van der Waals surface area contributed by atoms with E-state index in [9.17, 15) is 4.79 Å². The third-order valence-corrected chi connectivity index (χ3v) is 4.32. The summed E-state index contributed by atoms with van der Waals surface area (Å²) in [6, 6.07) is 13.9. The van der Waals surface area contributed by atoms with E-state index in [-0.39, 0.29) is 12.5 Å². The first-order chi connectivity index (χ1) is 11.3. The Labute approximate surface area is 137 Å². The van der Waals surface area contributed by atoms with Crippen molar-refractivity contribution < 1.29 is 9.53 Å². The number of ether oxygens (including phenoxy) is 1. The number of likely N-dealkylation sites (tertiary alicyclic amines) is 1. The minimum absolute atomic E-state index is 0.0890. The molecule has 1 aliphatic heterocycles. The van der Waals surface area contributed by atoms with Crippen molar-refractivity contribution >= 4 is 5.91 Å². The Hall–Kier alpha value is -2.36. The first kappa shape index (κ1) is 15.5. The summed E-state index contributed by atoms with van der Waals surface area (Å²) < 4.78 is 5.59. The Morgan fingerprint density at radius 3 is 2.74 bits per heavy atom. The molecule has 1 saturated heterocycles. The zero-order valence-electron chi connectivity index (χ0n) is 13.2. The number of carbonyl (C=O) groups is 1. The molecule has 1 unspecified atom stereocenters. The molecule has 1 aliphatic rings. The number of amides is 1. The topological polar surface area (TPSA) is 42.4 Å². The molecule has 2 heterocycles. The Bertz CT molecular complexity index is 616. The van der Waals surface area contributed by atoms with Crippen molar-refractivity contribution in [1.29, 1.82) is 0 Å². The first-order valence-corrected chi connectivity index (χ1v) is 8.19. The van der Waals surface area contributed by atoms with Gasteiger partial charge in [0.15, 0.2) is 6.61 Å². The van der Waals surface area contributed by atoms with E-state index in [1.807, 2.05) is 59.8 Å². The van der Waals surface area contributed by atoms with Crippen molar-refractivity contribution in [3.63, 3.8) is 0 Å². The maximum absolute atomic E-state index is 12.4. The third kappa shape index (κ3) is 4.31. The monoisotopic (exact) mass is 310 g/mol. The normalized spacial score (nSPS) is 17.2. The highest BCUT2D eigenvalue weighted by molar-refractivity contribution is 5.78. The molecule has 120 valence electrons. The van der Waals surface area contributed by atoms with Crippen LogP contribution in [-0.4, -0.2) is 35.0 Å². The summed E-state index contributed by atoms with van der Waals surface area (Å²) in [5, 5.41) is 0. The van der Waals surface area contributed by atoms with Gasteiger partial charge in [-0.2, -0.15) is 0 Å². The van der Waals surface area contributed by atoms with Gasteiger partial charge in [0.25, 0.3) is 5.91 Å². The van der Waals surface area contributed by atoms with Crippen LogP contribution in [0.3, 0.4) is 0 Å². The highest BCUT2D eigenvalue weighted by atomic mass is 16.5. The summed E-state index contributed by atoms with van der Waals surface area (Å²) in [6.45, 7) is 0.966. The lowest BCUT2D eigenvalue weighted by Gasteiger charge is -2.24. The summed E-state index contributed by atoms with van der Waals surface area (Å²) in [5.41, 5.74) is 1.28. The molecule has 0 spiro atoms. The van der Waals surface area contributed by atoms with E-state index in [0.29, 0.717) is 6.04 Å². The number of hydrogen-bond acceptors (Lipinski definition) is 3. The highest BCUT2D eigenvalue weighted by Gasteiger charge is 2.28. The molecule has 1 aromatic heterocycles. The van der Waals surface area contributed by atoms with Gasteiger partial charge in [0.05, 0.1) is 0 Å². The van der Waals surface area contributed by atoms with Crippen LogP contribution in [0, 0.1) is 0 Å². The van der Waals surface area contributed by atoms with Gasteiger partial charge in [0.1, 0.15) is 5.75 Å². The summed E-state index contributed by atoms with van der Waals surface area (Å²) in [6.07, 6.45) is 7.79. The zero-order valence-corrected chi connectivity index (χ0v) is 13.2. The van der Waals surface area contributed by atoms with E-state index in [1.54, 1.807) is 0 Å². The Morgan fingerprint density at radius 2 is 1.96 bits per heavy atom. The largest absolute Gasteiger partial charge is 0.484 e. The smallest absolute Gasteiger partial charge is 0.260 e. The molecule has 0 radical (unpaired) electrons. The molecular formula is C19H22N2O2. The van der Waals surface area contributed by atoms with Crippen molar-refractivity contribution in [2.24, 2.45) is 0 Å². The number of carbonyl (C=O) groups excluding carboxylic acids is 1. The molecule has 4 nitrogen and oxygen atoms in total. The lowest BCUT2D eigenvalue weighted by molar-refractivity contribution is -0.134. The van der Waals surface area contributed by atoms with Crippen molar-refractivity contribution in [3.05, 3.63) is 60.4 Å². The average Bonchev–Trinajstić information content (AvgIpc) is 3.08. The highest BCUT2D eigenvalue weighted by Crippen LogP contribution is 2.22. The van der Waals surface area contributed by atoms with Gasteiger partial charge in [-0.15, -0.1) is 0 Å². The second kappa shape index (κ2) is 7.77. The summed E-state index contributed by atoms with van der Waals surface area (Å²) >= 11 is 0. The Morgan fingerprint density at radius 1 is 1.17 bits per heavy atom. The van der Waals surface area contributed by atoms with E-state index in [2.05, 4.69) is 4.98 Å². The van der Waals surface area contributed by atoms with Crippen LogP contribution < -0.4 is 4.74 Å². The van der Waals surface area contributed by atoms with Gasteiger partial charge in [-0.1, -0.05) is 18.2 Å². The van der Waals surface area contributed by atoms with E-state index >= 15 is 0 Å². The first-order valence-electron chi connectivity index (χ1n) is 8.19. The van der Waals surface area contributed by atoms with Gasteiger partial charge >= 0.3 is 0 Å². The number of pyridine rings is 1. The Kier molecular flexibility index (Phi) is 5.25. The lowest BCUT2D eigenvalue weighted by atomic mass is 10.0. The number of benzene rings is 1. The number of nitrogens with zero attached hydrogens (tertiary/aromatic N) is 2. The van der Waals surface area contributed by atoms with E-state index in [1.165, 1.54) is 5.56 Å². The number of aryl methyl sites for hydroxylation is 1. The summed E-state index contributed by atoms with van der Waals surface area (Å²) in [5.74, 6) is 0.833. The summed E-state index contributed by atoms with van der Waals surface area (Å²) in [4.78, 5) is 18.5. The van der Waals surface area contributed by atoms with Gasteiger partial charge in [-0.25, -0.2) is 0 Å². The molecule has 0 saturated carbocycles. The van der Waals surface area contributed by atoms with Crippen LogP contribution in [0.5, 0.6) is 5.75 Å². The van der Waals surface area contributed by atoms with Crippen LogP contribution in [0.4, 0.5) is 0 Å². The molecule has 2 aromatic rings. The van der Waals surface area contributed by atoms with Crippen molar-refractivity contribution in [2.45, 2.75) is 31.7 Å². The SMILES string of the molecule is O=C(COc1ccccc1)N1CCCC1CCc1ccncc1. The average molecular weight is 310 g/mol. The van der Waals surface area contributed by atoms with Gasteiger partial charge in [-0.3, -0.25) is 9.78 Å². The van der Waals surface area contributed by atoms with Gasteiger partial charge < -0.3 is 9.64 Å². The number of para-hydroxylation sites is 1. The Balaban J connectivity index is 1.50. The number of rotatable bonds is 6. The fraction of sp³-hybridized carbons (Fsp3) is 0.368. The second-order valence-corrected chi connectivity index (χ2v) is 5.88. The van der Waals surface area contributed by atoms with E-state index in [0.717, 1.165) is 38.0 Å². The molecule has 23 heavy (non-hydrogen) atoms. The molecular weight excluding hydrogens is 288 g/mol. The van der Waals surface area contributed by atoms with Crippen LogP contribution >= 0.6 is 0 Å². The van der Waals surface area contributed by atoms with Gasteiger partial charge in [-0.05, 0) is 55.5 Å². The van der Waals surface area contributed by atoms with Gasteiger partial charge in [0, 0.05) is 25.0 Å². The van der Waals surface area contributed by atoms with Crippen LogP contribution in [0.2, 0.25) is 0 Å². The second-order valence-electron chi connectivity index (χ2n) is 5.88. The predicted octanol–water partition coefficient (Wildman–Crippen LogP) is 3.08. The van der Waals surface area contributed by atoms with Crippen molar-refractivity contribution in [3.8, 4) is 5.75 Å². The molecule has 1 aromatic carbocycles. The summed E-state index contributed by atoms with van der Waals surface area (Å²) in [7, 11) is 0. The molecule has 1 fully saturated rings. The molecule has 3 rings (SSSR count). The van der Waals surface area contributed by atoms with Crippen molar-refractivity contribution in [2.75, 3.05) is 13.2 Å². The molecule has 0 bridgehead atoms. The molecule has 1 atom stereocenters. The molecule has 0 aliphatic carbocycles. The predicted molar refractivity (Wildman–Crippen MR) is 89.2 cm³/mol.